The van der Waals surface area contributed by atoms with Crippen LogP contribution in [0.15, 0.2) is 60.9 Å². The minimum absolute atomic E-state index is 0.114. The van der Waals surface area contributed by atoms with Crippen molar-refractivity contribution in [3.63, 3.8) is 0 Å². The molecule has 1 aliphatic rings. The third kappa shape index (κ3) is 4.64. The highest BCUT2D eigenvalue weighted by Crippen LogP contribution is 2.24. The molecule has 4 aromatic rings. The zero-order valence-corrected chi connectivity index (χ0v) is 18.7. The summed E-state index contributed by atoms with van der Waals surface area (Å²) in [5.74, 6) is -0.359. The number of imidazole rings is 1. The van der Waals surface area contributed by atoms with Gasteiger partial charge in [-0.25, -0.2) is 9.37 Å². The lowest BCUT2D eigenvalue weighted by Crippen LogP contribution is -2.42. The molecule has 1 atom stereocenters. The van der Waals surface area contributed by atoms with Crippen molar-refractivity contribution >= 4 is 11.6 Å². The molecule has 5 rings (SSSR count). The summed E-state index contributed by atoms with van der Waals surface area (Å²) in [6.45, 7) is 5.27. The Hall–Kier alpha value is -3.58. The Kier molecular flexibility index (Phi) is 5.64. The topological polar surface area (TPSA) is 59.7 Å². The van der Waals surface area contributed by atoms with E-state index in [1.54, 1.807) is 23.2 Å². The number of morpholine rings is 1. The highest BCUT2D eigenvalue weighted by Gasteiger charge is 2.28. The molecule has 1 aliphatic heterocycles. The number of ether oxygens (including phenoxy) is 1. The standard InChI is InChI=1S/C26H25FN4O2/c1-17-6-7-30-15-23(29-25(30)10-17)26(32)31-8-9-33-24(16-31)22-14-20(11-18(2)28-22)12-19-4-3-5-21(27)13-19/h3-7,10-11,13-15,24H,8-9,12,16H2,1-2H3/t24-/m1/s1. The Labute approximate surface area is 191 Å². The van der Waals surface area contributed by atoms with E-state index < -0.39 is 0 Å². The van der Waals surface area contributed by atoms with Crippen LogP contribution in [-0.4, -0.2) is 44.9 Å². The molecule has 6 nitrogen and oxygen atoms in total. The van der Waals surface area contributed by atoms with Crippen molar-refractivity contribution in [2.75, 3.05) is 19.7 Å². The zero-order valence-electron chi connectivity index (χ0n) is 18.7. The van der Waals surface area contributed by atoms with E-state index in [0.29, 0.717) is 31.8 Å². The molecule has 4 heterocycles. The van der Waals surface area contributed by atoms with Crippen molar-refractivity contribution < 1.29 is 13.9 Å². The average Bonchev–Trinajstić information content (AvgIpc) is 3.21. The molecule has 0 spiro atoms. The summed E-state index contributed by atoms with van der Waals surface area (Å²) in [5.41, 5.74) is 5.85. The number of benzene rings is 1. The number of nitrogens with zero attached hydrogens (tertiary/aromatic N) is 4. The van der Waals surface area contributed by atoms with Crippen LogP contribution in [0, 0.1) is 19.7 Å². The zero-order chi connectivity index (χ0) is 22.9. The van der Waals surface area contributed by atoms with E-state index in [1.807, 2.05) is 54.8 Å². The SMILES string of the molecule is Cc1ccn2cc(C(=O)N3CCO[C@@H](c4cc(Cc5cccc(F)c5)cc(C)n4)C3)nc2c1. The molecule has 1 fully saturated rings. The second kappa shape index (κ2) is 8.75. The maximum atomic E-state index is 13.6. The lowest BCUT2D eigenvalue weighted by Gasteiger charge is -2.32. The van der Waals surface area contributed by atoms with E-state index in [1.165, 1.54) is 6.07 Å². The van der Waals surface area contributed by atoms with E-state index in [-0.39, 0.29) is 17.8 Å². The van der Waals surface area contributed by atoms with E-state index >= 15 is 0 Å². The summed E-state index contributed by atoms with van der Waals surface area (Å²) in [7, 11) is 0. The fourth-order valence-corrected chi connectivity index (χ4v) is 4.28. The molecule has 0 bridgehead atoms. The van der Waals surface area contributed by atoms with Gasteiger partial charge >= 0.3 is 0 Å². The quantitative estimate of drug-likeness (QED) is 0.471. The lowest BCUT2D eigenvalue weighted by molar-refractivity contribution is -0.0249. The molecular weight excluding hydrogens is 419 g/mol. The third-order valence-electron chi connectivity index (χ3n) is 5.85. The lowest BCUT2D eigenvalue weighted by atomic mass is 10.0. The number of fused-ring (bicyclic) bond motifs is 1. The minimum Gasteiger partial charge on any atom is -0.368 e. The molecule has 33 heavy (non-hydrogen) atoms. The summed E-state index contributed by atoms with van der Waals surface area (Å²) in [6, 6.07) is 14.5. The predicted molar refractivity (Wildman–Crippen MR) is 123 cm³/mol. The smallest absolute Gasteiger partial charge is 0.274 e. The van der Waals surface area contributed by atoms with Gasteiger partial charge in [0.2, 0.25) is 0 Å². The molecule has 1 amide bonds. The number of amides is 1. The van der Waals surface area contributed by atoms with Gasteiger partial charge in [0.25, 0.3) is 5.91 Å². The molecule has 0 unspecified atom stereocenters. The van der Waals surface area contributed by atoms with Gasteiger partial charge in [0.1, 0.15) is 23.3 Å². The predicted octanol–water partition coefficient (Wildman–Crippen LogP) is 4.29. The second-order valence-electron chi connectivity index (χ2n) is 8.55. The first-order valence-corrected chi connectivity index (χ1v) is 11.0. The number of carbonyl (C=O) groups is 1. The van der Waals surface area contributed by atoms with E-state index in [2.05, 4.69) is 9.97 Å². The fourth-order valence-electron chi connectivity index (χ4n) is 4.28. The van der Waals surface area contributed by atoms with E-state index in [4.69, 9.17) is 4.74 Å². The van der Waals surface area contributed by atoms with Crippen LogP contribution in [0.2, 0.25) is 0 Å². The number of aromatic nitrogens is 3. The Morgan fingerprint density at radius 2 is 2.00 bits per heavy atom. The van der Waals surface area contributed by atoms with Crippen molar-refractivity contribution in [1.29, 1.82) is 0 Å². The van der Waals surface area contributed by atoms with E-state index in [9.17, 15) is 9.18 Å². The first-order valence-electron chi connectivity index (χ1n) is 11.0. The van der Waals surface area contributed by atoms with Crippen molar-refractivity contribution in [3.8, 4) is 0 Å². The van der Waals surface area contributed by atoms with Crippen LogP contribution in [0.3, 0.4) is 0 Å². The second-order valence-corrected chi connectivity index (χ2v) is 8.55. The first kappa shape index (κ1) is 21.3. The highest BCUT2D eigenvalue weighted by atomic mass is 19.1. The van der Waals surface area contributed by atoms with Gasteiger partial charge in [0.05, 0.1) is 18.8 Å². The van der Waals surface area contributed by atoms with E-state index in [0.717, 1.165) is 33.7 Å². The Bertz CT molecular complexity index is 1330. The Morgan fingerprint density at radius 1 is 1.12 bits per heavy atom. The monoisotopic (exact) mass is 444 g/mol. The van der Waals surface area contributed by atoms with Gasteiger partial charge in [-0.15, -0.1) is 0 Å². The number of halogens is 1. The number of carbonyl (C=O) groups excluding carboxylic acids is 1. The van der Waals surface area contributed by atoms with Gasteiger partial charge in [-0.3, -0.25) is 9.78 Å². The number of aryl methyl sites for hydroxylation is 2. The maximum absolute atomic E-state index is 13.6. The number of pyridine rings is 2. The fraction of sp³-hybridized carbons (Fsp3) is 0.269. The summed E-state index contributed by atoms with van der Waals surface area (Å²) >= 11 is 0. The summed E-state index contributed by atoms with van der Waals surface area (Å²) in [4.78, 5) is 24.1. The molecule has 1 aromatic carbocycles. The molecule has 0 saturated carbocycles. The average molecular weight is 445 g/mol. The van der Waals surface area contributed by atoms with Gasteiger partial charge in [-0.2, -0.15) is 0 Å². The Morgan fingerprint density at radius 3 is 2.85 bits per heavy atom. The van der Waals surface area contributed by atoms with Crippen LogP contribution in [0.4, 0.5) is 4.39 Å². The number of rotatable bonds is 4. The van der Waals surface area contributed by atoms with Gasteiger partial charge in [0.15, 0.2) is 0 Å². The van der Waals surface area contributed by atoms with Crippen LogP contribution in [0.1, 0.15) is 44.7 Å². The van der Waals surface area contributed by atoms with Crippen LogP contribution < -0.4 is 0 Å². The van der Waals surface area contributed by atoms with Gasteiger partial charge in [0, 0.05) is 24.6 Å². The van der Waals surface area contributed by atoms with Crippen LogP contribution >= 0.6 is 0 Å². The molecular formula is C26H25FN4O2. The van der Waals surface area contributed by atoms with Crippen LogP contribution in [0.5, 0.6) is 0 Å². The minimum atomic E-state index is -0.326. The summed E-state index contributed by atoms with van der Waals surface area (Å²) in [6.07, 6.45) is 3.95. The maximum Gasteiger partial charge on any atom is 0.274 e. The van der Waals surface area contributed by atoms with Crippen LogP contribution in [0.25, 0.3) is 5.65 Å². The molecule has 0 radical (unpaired) electrons. The van der Waals surface area contributed by atoms with Crippen LogP contribution in [-0.2, 0) is 11.2 Å². The van der Waals surface area contributed by atoms with Gasteiger partial charge in [-0.05, 0) is 73.4 Å². The first-order chi connectivity index (χ1) is 15.9. The van der Waals surface area contributed by atoms with Crippen molar-refractivity contribution in [2.45, 2.75) is 26.4 Å². The van der Waals surface area contributed by atoms with Crippen molar-refractivity contribution in [2.24, 2.45) is 0 Å². The highest BCUT2D eigenvalue weighted by molar-refractivity contribution is 5.93. The van der Waals surface area contributed by atoms with Gasteiger partial charge < -0.3 is 14.0 Å². The Balaban J connectivity index is 1.35. The molecule has 0 N–H and O–H groups in total. The molecule has 1 saturated heterocycles. The normalized spacial score (nSPS) is 16.3. The largest absolute Gasteiger partial charge is 0.368 e. The van der Waals surface area contributed by atoms with Crippen molar-refractivity contribution in [3.05, 3.63) is 101 Å². The molecule has 3 aromatic heterocycles. The summed E-state index contributed by atoms with van der Waals surface area (Å²) in [5, 5.41) is 0. The molecule has 0 aliphatic carbocycles. The third-order valence-corrected chi connectivity index (χ3v) is 5.85. The summed E-state index contributed by atoms with van der Waals surface area (Å²) < 4.78 is 21.4. The molecule has 168 valence electrons. The van der Waals surface area contributed by atoms with Gasteiger partial charge in [-0.1, -0.05) is 12.1 Å². The molecule has 7 heteroatoms. The number of hydrogen-bond donors (Lipinski definition) is 0. The number of hydrogen-bond acceptors (Lipinski definition) is 4. The van der Waals surface area contributed by atoms with Crippen molar-refractivity contribution in [1.82, 2.24) is 19.3 Å².